The monoisotopic (exact) mass is 843 g/mol. The van der Waals surface area contributed by atoms with Gasteiger partial charge in [-0.05, 0) is 11.1 Å². The first-order valence-corrected chi connectivity index (χ1v) is 17.8. The Morgan fingerprint density at radius 2 is 0.797 bits per heavy atom. The summed E-state index contributed by atoms with van der Waals surface area (Å²) in [5, 5.41) is 12.0. The number of nitrogens with zero attached hydrogens (tertiary/aromatic N) is 1. The summed E-state index contributed by atoms with van der Waals surface area (Å²) in [4.78, 5) is 108. The van der Waals surface area contributed by atoms with Crippen LogP contribution in [-0.2, 0) is 108 Å². The van der Waals surface area contributed by atoms with Crippen LogP contribution in [0.4, 0.5) is 5.69 Å². The summed E-state index contributed by atoms with van der Waals surface area (Å²) < 4.78 is 66.1. The van der Waals surface area contributed by atoms with E-state index < -0.39 is 146 Å². The Morgan fingerprint density at radius 1 is 0.492 bits per heavy atom. The normalized spacial score (nSPS) is 26.2. The number of ether oxygens (including phenoxy) is 12. The van der Waals surface area contributed by atoms with Gasteiger partial charge in [0.2, 0.25) is 0 Å². The molecule has 59 heavy (non-hydrogen) atoms. The van der Waals surface area contributed by atoms with Gasteiger partial charge in [0.05, 0.1) is 18.1 Å². The van der Waals surface area contributed by atoms with E-state index in [1.165, 1.54) is 6.07 Å². The van der Waals surface area contributed by atoms with Crippen molar-refractivity contribution in [2.24, 2.45) is 0 Å². The maximum Gasteiger partial charge on any atom is 0.303 e. The molecule has 10 atom stereocenters. The van der Waals surface area contributed by atoms with E-state index >= 15 is 0 Å². The molecule has 2 heterocycles. The zero-order valence-corrected chi connectivity index (χ0v) is 33.3. The zero-order chi connectivity index (χ0) is 44.1. The van der Waals surface area contributed by atoms with Crippen molar-refractivity contribution in [2.75, 3.05) is 13.2 Å². The number of benzene rings is 1. The second-order valence-corrected chi connectivity index (χ2v) is 13.0. The Bertz CT molecular complexity index is 1630. The van der Waals surface area contributed by atoms with E-state index in [9.17, 15) is 48.5 Å². The fourth-order valence-corrected chi connectivity index (χ4v) is 6.02. The maximum atomic E-state index is 12.2. The minimum Gasteiger partial charge on any atom is -0.463 e. The lowest BCUT2D eigenvalue weighted by Crippen LogP contribution is -2.62. The number of esters is 8. The highest BCUT2D eigenvalue weighted by molar-refractivity contribution is 5.70. The fourth-order valence-electron chi connectivity index (χ4n) is 6.02. The summed E-state index contributed by atoms with van der Waals surface area (Å²) in [6.45, 7) is 6.36. The lowest BCUT2D eigenvalue weighted by molar-refractivity contribution is -0.385. The van der Waals surface area contributed by atoms with Crippen molar-refractivity contribution in [1.82, 2.24) is 0 Å². The summed E-state index contributed by atoms with van der Waals surface area (Å²) >= 11 is 0. The molecule has 0 N–H and O–H groups in total. The molecule has 0 aliphatic carbocycles. The predicted molar refractivity (Wildman–Crippen MR) is 187 cm³/mol. The molecule has 0 amide bonds. The van der Waals surface area contributed by atoms with Crippen molar-refractivity contribution in [3.05, 3.63) is 39.4 Å². The number of rotatable bonds is 17. The SMILES string of the molecule is CC(=O)OC[C@H]1O[C@@H](OCc2cc(CO[C@@H]3O[C@H](COC(C)=O)[C@@H](OC(C)=O)[C@H](OC(C)=O)[C@H]3OC(C)=O)cc([N+](=O)[O-])c2)[C@H](OC(C)=O)[C@@H](OC(C)=O)[C@@H]1OC(C)=O. The number of carbonyl (C=O) groups is 8. The van der Waals surface area contributed by atoms with Crippen LogP contribution in [0.2, 0.25) is 0 Å². The molecule has 2 saturated heterocycles. The van der Waals surface area contributed by atoms with Gasteiger partial charge in [-0.2, -0.15) is 0 Å². The van der Waals surface area contributed by atoms with Crippen molar-refractivity contribution in [3.63, 3.8) is 0 Å². The van der Waals surface area contributed by atoms with Crippen LogP contribution in [0.15, 0.2) is 18.2 Å². The van der Waals surface area contributed by atoms with Crippen molar-refractivity contribution >= 4 is 53.4 Å². The molecule has 3 rings (SSSR count). The van der Waals surface area contributed by atoms with Crippen LogP contribution in [0, 0.1) is 10.1 Å². The molecular weight excluding hydrogens is 798 g/mol. The highest BCUT2D eigenvalue weighted by Crippen LogP contribution is 2.33. The van der Waals surface area contributed by atoms with Gasteiger partial charge in [0, 0.05) is 67.5 Å². The first-order valence-electron chi connectivity index (χ1n) is 17.8. The van der Waals surface area contributed by atoms with Gasteiger partial charge < -0.3 is 56.8 Å². The third-order valence-corrected chi connectivity index (χ3v) is 7.97. The largest absolute Gasteiger partial charge is 0.463 e. The quantitative estimate of drug-likeness (QED) is 0.0906. The third kappa shape index (κ3) is 14.8. The lowest BCUT2D eigenvalue weighted by atomic mass is 9.98. The van der Waals surface area contributed by atoms with E-state index in [4.69, 9.17) is 56.8 Å². The second-order valence-electron chi connectivity index (χ2n) is 13.0. The molecule has 0 radical (unpaired) electrons. The van der Waals surface area contributed by atoms with Gasteiger partial charge in [0.25, 0.3) is 5.69 Å². The molecule has 0 spiro atoms. The van der Waals surface area contributed by atoms with Gasteiger partial charge in [-0.25, -0.2) is 0 Å². The molecule has 326 valence electrons. The topological polar surface area (TPSA) is 290 Å². The van der Waals surface area contributed by atoms with Gasteiger partial charge in [0.15, 0.2) is 49.2 Å². The minimum atomic E-state index is -1.62. The molecule has 0 unspecified atom stereocenters. The Morgan fingerprint density at radius 3 is 1.08 bits per heavy atom. The molecule has 0 aromatic heterocycles. The lowest BCUT2D eigenvalue weighted by Gasteiger charge is -2.44. The van der Waals surface area contributed by atoms with Crippen molar-refractivity contribution in [3.8, 4) is 0 Å². The zero-order valence-electron chi connectivity index (χ0n) is 33.3. The van der Waals surface area contributed by atoms with E-state index in [1.807, 2.05) is 0 Å². The fraction of sp³-hybridized carbons (Fsp3) is 0.611. The number of hydrogen-bond donors (Lipinski definition) is 0. The molecule has 2 fully saturated rings. The van der Waals surface area contributed by atoms with Crippen LogP contribution >= 0.6 is 0 Å². The maximum absolute atomic E-state index is 12.2. The van der Waals surface area contributed by atoms with E-state index in [2.05, 4.69) is 0 Å². The molecule has 23 nitrogen and oxygen atoms in total. The number of carbonyl (C=O) groups excluding carboxylic acids is 8. The van der Waals surface area contributed by atoms with Crippen LogP contribution in [0.3, 0.4) is 0 Å². The first kappa shape index (κ1) is 47.6. The Labute approximate surface area is 336 Å². The summed E-state index contributed by atoms with van der Waals surface area (Å²) in [7, 11) is 0. The number of non-ortho nitro benzene ring substituents is 1. The van der Waals surface area contributed by atoms with E-state index in [0.717, 1.165) is 67.5 Å². The van der Waals surface area contributed by atoms with E-state index in [-0.39, 0.29) is 11.1 Å². The van der Waals surface area contributed by atoms with Crippen LogP contribution in [0.1, 0.15) is 66.5 Å². The Hall–Kier alpha value is -5.78. The molecule has 1 aromatic rings. The molecule has 2 aliphatic heterocycles. The molecule has 2 aliphatic rings. The van der Waals surface area contributed by atoms with Gasteiger partial charge in [-0.15, -0.1) is 0 Å². The van der Waals surface area contributed by atoms with E-state index in [1.54, 1.807) is 0 Å². The highest BCUT2D eigenvalue weighted by Gasteiger charge is 2.54. The summed E-state index contributed by atoms with van der Waals surface area (Å²) in [5.74, 6) is -6.71. The summed E-state index contributed by atoms with van der Waals surface area (Å²) in [6.07, 6.45) is -15.1. The average molecular weight is 844 g/mol. The molecule has 23 heteroatoms. The second kappa shape index (κ2) is 21.8. The van der Waals surface area contributed by atoms with Crippen molar-refractivity contribution in [1.29, 1.82) is 0 Å². The minimum absolute atomic E-state index is 0.104. The predicted octanol–water partition coefficient (Wildman–Crippen LogP) is 0.794. The van der Waals surface area contributed by atoms with Crippen LogP contribution in [0.5, 0.6) is 0 Å². The van der Waals surface area contributed by atoms with Gasteiger partial charge in [0.1, 0.15) is 25.4 Å². The number of hydrogen-bond acceptors (Lipinski definition) is 22. The molecule has 0 bridgehead atoms. The van der Waals surface area contributed by atoms with Gasteiger partial charge in [-0.1, -0.05) is 6.07 Å². The highest BCUT2D eigenvalue weighted by atomic mass is 16.7. The van der Waals surface area contributed by atoms with Crippen LogP contribution in [0.25, 0.3) is 0 Å². The first-order chi connectivity index (χ1) is 27.6. The smallest absolute Gasteiger partial charge is 0.303 e. The summed E-state index contributed by atoms with van der Waals surface area (Å²) in [5.41, 5.74) is -0.257. The van der Waals surface area contributed by atoms with E-state index in [0.29, 0.717) is 0 Å². The summed E-state index contributed by atoms with van der Waals surface area (Å²) in [6, 6.07) is 3.65. The van der Waals surface area contributed by atoms with Crippen molar-refractivity contribution in [2.45, 2.75) is 130 Å². The van der Waals surface area contributed by atoms with Crippen molar-refractivity contribution < 1.29 is 100 Å². The Kier molecular flexibility index (Phi) is 17.6. The molecular formula is C36H45NO22. The van der Waals surface area contributed by atoms with Crippen LogP contribution < -0.4 is 0 Å². The number of nitro benzene ring substituents is 1. The van der Waals surface area contributed by atoms with Gasteiger partial charge in [-0.3, -0.25) is 48.5 Å². The van der Waals surface area contributed by atoms with Crippen LogP contribution in [-0.4, -0.2) is 127 Å². The average Bonchev–Trinajstić information content (AvgIpc) is 3.11. The van der Waals surface area contributed by atoms with Gasteiger partial charge >= 0.3 is 47.8 Å². The standard InChI is InChI=1S/C36H45NO22/c1-16(38)48-14-27-29(52-18(3)40)31(54-20(5)42)33(56-22(7)44)35(58-27)50-12-24-9-25(11-26(10-24)37(46)47)13-51-36-34(57-23(8)45)32(55-21(6)43)30(53-19(4)41)28(59-36)15-49-17(2)39/h9-11,27-36H,12-15H2,1-8H3/t27-,28-,29-,30-,31+,32+,33-,34-,35-,36-/m1/s1. The molecule has 1 aromatic carbocycles. The number of nitro groups is 1. The Balaban J connectivity index is 1.98. The molecule has 0 saturated carbocycles. The third-order valence-electron chi connectivity index (χ3n) is 7.97.